The standard InChI is InChI=1S/C19H18FN5OS/c1-11-16-22-23-17(18-21-15(10-27-18)12-2-3-12)25(16)9-8-24(11)19(26)13-4-6-14(20)7-5-13/h4-7,10-12H,2-3,8-9H2,1H3/t11-/m1/s1. The first-order valence-electron chi connectivity index (χ1n) is 9.07. The van der Waals surface area contributed by atoms with Crippen LogP contribution in [0.3, 0.4) is 0 Å². The van der Waals surface area contributed by atoms with Crippen LogP contribution in [-0.4, -0.2) is 37.1 Å². The number of carbonyl (C=O) groups is 1. The van der Waals surface area contributed by atoms with E-state index in [9.17, 15) is 9.18 Å². The largest absolute Gasteiger partial charge is 0.327 e. The fourth-order valence-corrected chi connectivity index (χ4v) is 4.43. The van der Waals surface area contributed by atoms with Crippen molar-refractivity contribution in [2.24, 2.45) is 0 Å². The zero-order valence-electron chi connectivity index (χ0n) is 14.8. The minimum Gasteiger partial charge on any atom is -0.327 e. The second kappa shape index (κ2) is 6.23. The average Bonchev–Trinajstić information content (AvgIpc) is 3.24. The molecule has 27 heavy (non-hydrogen) atoms. The summed E-state index contributed by atoms with van der Waals surface area (Å²) in [6.07, 6.45) is 2.44. The van der Waals surface area contributed by atoms with E-state index < -0.39 is 0 Å². The van der Waals surface area contributed by atoms with Gasteiger partial charge in [-0.1, -0.05) is 0 Å². The summed E-state index contributed by atoms with van der Waals surface area (Å²) in [5.74, 6) is 1.68. The number of thiazole rings is 1. The molecule has 138 valence electrons. The van der Waals surface area contributed by atoms with E-state index in [2.05, 4.69) is 20.1 Å². The van der Waals surface area contributed by atoms with Gasteiger partial charge < -0.3 is 9.47 Å². The van der Waals surface area contributed by atoms with Crippen molar-refractivity contribution in [3.8, 4) is 10.8 Å². The van der Waals surface area contributed by atoms with E-state index in [1.54, 1.807) is 16.2 Å². The highest BCUT2D eigenvalue weighted by Crippen LogP contribution is 2.41. The van der Waals surface area contributed by atoms with Crippen LogP contribution in [0.4, 0.5) is 4.39 Å². The van der Waals surface area contributed by atoms with Crippen molar-refractivity contribution < 1.29 is 9.18 Å². The number of fused-ring (bicyclic) bond motifs is 1. The third-order valence-corrected chi connectivity index (χ3v) is 6.10. The van der Waals surface area contributed by atoms with Gasteiger partial charge in [0.15, 0.2) is 16.7 Å². The van der Waals surface area contributed by atoms with Gasteiger partial charge in [0.25, 0.3) is 5.91 Å². The molecule has 0 unspecified atom stereocenters. The van der Waals surface area contributed by atoms with Gasteiger partial charge in [0.2, 0.25) is 0 Å². The van der Waals surface area contributed by atoms with Crippen LogP contribution in [0.1, 0.15) is 53.6 Å². The molecule has 5 rings (SSSR count). The molecule has 0 spiro atoms. The number of amides is 1. The second-order valence-electron chi connectivity index (χ2n) is 7.07. The van der Waals surface area contributed by atoms with E-state index in [0.29, 0.717) is 24.6 Å². The molecule has 0 radical (unpaired) electrons. The number of benzene rings is 1. The van der Waals surface area contributed by atoms with Gasteiger partial charge in [-0.2, -0.15) is 0 Å². The molecular weight excluding hydrogens is 365 g/mol. The average molecular weight is 383 g/mol. The number of hydrogen-bond acceptors (Lipinski definition) is 5. The van der Waals surface area contributed by atoms with E-state index in [-0.39, 0.29) is 17.8 Å². The number of rotatable bonds is 3. The minimum absolute atomic E-state index is 0.122. The highest BCUT2D eigenvalue weighted by molar-refractivity contribution is 7.13. The van der Waals surface area contributed by atoms with Gasteiger partial charge >= 0.3 is 0 Å². The normalized spacial score (nSPS) is 19.2. The smallest absolute Gasteiger partial charge is 0.254 e. The maximum absolute atomic E-state index is 13.1. The van der Waals surface area contributed by atoms with Crippen LogP contribution in [0, 0.1) is 5.82 Å². The van der Waals surface area contributed by atoms with E-state index in [1.165, 1.54) is 37.1 Å². The van der Waals surface area contributed by atoms with Crippen molar-refractivity contribution >= 4 is 17.2 Å². The molecule has 1 aliphatic heterocycles. The maximum atomic E-state index is 13.1. The molecule has 1 aromatic carbocycles. The van der Waals surface area contributed by atoms with Crippen LogP contribution in [0.25, 0.3) is 10.8 Å². The highest BCUT2D eigenvalue weighted by Gasteiger charge is 2.33. The van der Waals surface area contributed by atoms with E-state index >= 15 is 0 Å². The van der Waals surface area contributed by atoms with Crippen LogP contribution >= 0.6 is 11.3 Å². The Bertz CT molecular complexity index is 1010. The van der Waals surface area contributed by atoms with Crippen LogP contribution in [0.5, 0.6) is 0 Å². The van der Waals surface area contributed by atoms with Crippen LogP contribution in [0.2, 0.25) is 0 Å². The molecule has 1 aliphatic carbocycles. The van der Waals surface area contributed by atoms with Gasteiger partial charge in [-0.25, -0.2) is 9.37 Å². The van der Waals surface area contributed by atoms with Gasteiger partial charge in [-0.05, 0) is 44.0 Å². The summed E-state index contributed by atoms with van der Waals surface area (Å²) in [5.41, 5.74) is 1.63. The molecule has 2 aliphatic rings. The van der Waals surface area contributed by atoms with Crippen molar-refractivity contribution in [2.45, 2.75) is 38.3 Å². The Morgan fingerprint density at radius 1 is 1.19 bits per heavy atom. The maximum Gasteiger partial charge on any atom is 0.254 e. The molecule has 1 saturated carbocycles. The lowest BCUT2D eigenvalue weighted by molar-refractivity contribution is 0.0638. The van der Waals surface area contributed by atoms with Gasteiger partial charge in [0, 0.05) is 30.0 Å². The summed E-state index contributed by atoms with van der Waals surface area (Å²) in [6.45, 7) is 3.12. The molecule has 3 aromatic rings. The van der Waals surface area contributed by atoms with E-state index in [0.717, 1.165) is 22.4 Å². The fourth-order valence-electron chi connectivity index (χ4n) is 3.53. The Hall–Kier alpha value is -2.61. The predicted octanol–water partition coefficient (Wildman–Crippen LogP) is 3.64. The first-order chi connectivity index (χ1) is 13.1. The Balaban J connectivity index is 1.42. The third kappa shape index (κ3) is 2.84. The van der Waals surface area contributed by atoms with Gasteiger partial charge in [-0.3, -0.25) is 4.79 Å². The number of halogens is 1. The SMILES string of the molecule is C[C@@H]1c2nnc(-c3nc(C4CC4)cs3)n2CCN1C(=O)c1ccc(F)cc1. The molecule has 0 bridgehead atoms. The summed E-state index contributed by atoms with van der Waals surface area (Å²) in [4.78, 5) is 19.3. The first-order valence-corrected chi connectivity index (χ1v) is 9.95. The minimum atomic E-state index is -0.350. The molecule has 1 amide bonds. The summed E-state index contributed by atoms with van der Waals surface area (Å²) >= 11 is 1.60. The summed E-state index contributed by atoms with van der Waals surface area (Å²) in [7, 11) is 0. The second-order valence-corrected chi connectivity index (χ2v) is 7.92. The summed E-state index contributed by atoms with van der Waals surface area (Å²) in [6, 6.07) is 5.44. The molecule has 3 heterocycles. The van der Waals surface area contributed by atoms with E-state index in [1.807, 2.05) is 6.92 Å². The number of nitrogens with zero attached hydrogens (tertiary/aromatic N) is 5. The molecule has 8 heteroatoms. The Kier molecular flexibility index (Phi) is 3.82. The van der Waals surface area contributed by atoms with Crippen molar-refractivity contribution in [1.82, 2.24) is 24.6 Å². The molecule has 2 aromatic heterocycles. The van der Waals surface area contributed by atoms with Gasteiger partial charge in [-0.15, -0.1) is 21.5 Å². The lowest BCUT2D eigenvalue weighted by atomic mass is 10.1. The lowest BCUT2D eigenvalue weighted by Crippen LogP contribution is -2.41. The quantitative estimate of drug-likeness (QED) is 0.693. The molecule has 0 N–H and O–H groups in total. The number of aromatic nitrogens is 4. The fraction of sp³-hybridized carbons (Fsp3) is 0.368. The molecule has 0 saturated heterocycles. The Morgan fingerprint density at radius 2 is 1.96 bits per heavy atom. The van der Waals surface area contributed by atoms with Crippen molar-refractivity contribution in [3.63, 3.8) is 0 Å². The van der Waals surface area contributed by atoms with Gasteiger partial charge in [0.1, 0.15) is 5.82 Å². The molecule has 1 atom stereocenters. The zero-order valence-corrected chi connectivity index (χ0v) is 15.6. The number of hydrogen-bond donors (Lipinski definition) is 0. The van der Waals surface area contributed by atoms with Crippen molar-refractivity contribution in [2.75, 3.05) is 6.54 Å². The predicted molar refractivity (Wildman–Crippen MR) is 99.0 cm³/mol. The van der Waals surface area contributed by atoms with Crippen LogP contribution in [-0.2, 0) is 6.54 Å². The Morgan fingerprint density at radius 3 is 2.70 bits per heavy atom. The molecular formula is C19H18FN5OS. The number of carbonyl (C=O) groups excluding carboxylic acids is 1. The highest BCUT2D eigenvalue weighted by atomic mass is 32.1. The third-order valence-electron chi connectivity index (χ3n) is 5.25. The molecule has 1 fully saturated rings. The molecule has 6 nitrogen and oxygen atoms in total. The monoisotopic (exact) mass is 383 g/mol. The zero-order chi connectivity index (χ0) is 18.5. The topological polar surface area (TPSA) is 63.9 Å². The van der Waals surface area contributed by atoms with Gasteiger partial charge in [0.05, 0.1) is 11.7 Å². The summed E-state index contributed by atoms with van der Waals surface area (Å²) in [5, 5.41) is 11.7. The van der Waals surface area contributed by atoms with E-state index in [4.69, 9.17) is 4.98 Å². The Labute approximate surface area is 159 Å². The summed E-state index contributed by atoms with van der Waals surface area (Å²) < 4.78 is 15.2. The van der Waals surface area contributed by atoms with Crippen molar-refractivity contribution in [3.05, 3.63) is 52.5 Å². The van der Waals surface area contributed by atoms with Crippen molar-refractivity contribution in [1.29, 1.82) is 0 Å². The first kappa shape index (κ1) is 16.6. The van der Waals surface area contributed by atoms with Crippen LogP contribution in [0.15, 0.2) is 29.6 Å². The lowest BCUT2D eigenvalue weighted by Gasteiger charge is -2.33. The van der Waals surface area contributed by atoms with Crippen LogP contribution < -0.4 is 0 Å².